The Balaban J connectivity index is 2.03. The Morgan fingerprint density at radius 2 is 1.94 bits per heavy atom. The second-order valence-electron chi connectivity index (χ2n) is 5.73. The molecule has 0 aromatic heterocycles. The van der Waals surface area contributed by atoms with Gasteiger partial charge in [0.1, 0.15) is 0 Å². The van der Waals surface area contributed by atoms with Crippen molar-refractivity contribution in [3.05, 3.63) is 0 Å². The lowest BCUT2D eigenvalue weighted by molar-refractivity contribution is -0.0468. The van der Waals surface area contributed by atoms with Crippen LogP contribution in [-0.4, -0.2) is 43.3 Å². The van der Waals surface area contributed by atoms with E-state index < -0.39 is 0 Å². The normalized spacial score (nSPS) is 36.2. The third-order valence-corrected chi connectivity index (χ3v) is 4.81. The van der Waals surface area contributed by atoms with Crippen LogP contribution in [-0.2, 0) is 4.74 Å². The van der Waals surface area contributed by atoms with Crippen molar-refractivity contribution in [3.63, 3.8) is 0 Å². The first-order valence-electron chi connectivity index (χ1n) is 6.71. The molecule has 2 fully saturated rings. The first-order valence-corrected chi connectivity index (χ1v) is 6.71. The van der Waals surface area contributed by atoms with Crippen LogP contribution >= 0.6 is 0 Å². The molecule has 0 aliphatic carbocycles. The van der Waals surface area contributed by atoms with E-state index in [9.17, 15) is 0 Å². The molecule has 2 heterocycles. The van der Waals surface area contributed by atoms with Crippen LogP contribution in [0.15, 0.2) is 0 Å². The minimum atomic E-state index is 0.243. The quantitative estimate of drug-likeness (QED) is 0.775. The van der Waals surface area contributed by atoms with Crippen molar-refractivity contribution in [2.45, 2.75) is 38.6 Å². The van der Waals surface area contributed by atoms with Crippen LogP contribution in [0, 0.1) is 11.8 Å². The fraction of sp³-hybridized carbons (Fsp3) is 1.00. The maximum Gasteiger partial charge on any atom is 0.0484 e. The summed E-state index contributed by atoms with van der Waals surface area (Å²) in [5, 5.41) is 0. The molecule has 2 atom stereocenters. The number of likely N-dealkylation sites (tertiary alicyclic amines) is 1. The Hall–Kier alpha value is -0.120. The van der Waals surface area contributed by atoms with E-state index in [2.05, 4.69) is 18.7 Å². The summed E-state index contributed by atoms with van der Waals surface area (Å²) in [6.45, 7) is 9.76. The Morgan fingerprint density at radius 1 is 1.25 bits per heavy atom. The summed E-state index contributed by atoms with van der Waals surface area (Å²) in [5.41, 5.74) is 6.29. The van der Waals surface area contributed by atoms with Gasteiger partial charge in [-0.3, -0.25) is 4.90 Å². The van der Waals surface area contributed by atoms with Gasteiger partial charge in [-0.2, -0.15) is 0 Å². The van der Waals surface area contributed by atoms with Gasteiger partial charge >= 0.3 is 0 Å². The van der Waals surface area contributed by atoms with Crippen LogP contribution in [0.2, 0.25) is 0 Å². The molecule has 2 rings (SSSR count). The first-order chi connectivity index (χ1) is 7.68. The topological polar surface area (TPSA) is 38.5 Å². The summed E-state index contributed by atoms with van der Waals surface area (Å²) >= 11 is 0. The van der Waals surface area contributed by atoms with E-state index in [1.807, 2.05) is 0 Å². The maximum atomic E-state index is 6.05. The number of nitrogens with zero attached hydrogens (tertiary/aromatic N) is 1. The van der Waals surface area contributed by atoms with Crippen molar-refractivity contribution < 1.29 is 4.74 Å². The van der Waals surface area contributed by atoms with Gasteiger partial charge in [0.25, 0.3) is 0 Å². The molecule has 2 aliphatic heterocycles. The van der Waals surface area contributed by atoms with E-state index in [0.29, 0.717) is 0 Å². The molecule has 0 spiro atoms. The predicted octanol–water partition coefficient (Wildman–Crippen LogP) is 1.47. The molecule has 2 N–H and O–H groups in total. The number of nitrogens with two attached hydrogens (primary N) is 1. The van der Waals surface area contributed by atoms with E-state index in [1.165, 1.54) is 19.5 Å². The average Bonchev–Trinajstić information content (AvgIpc) is 2.33. The van der Waals surface area contributed by atoms with Gasteiger partial charge in [0.15, 0.2) is 0 Å². The lowest BCUT2D eigenvalue weighted by atomic mass is 9.81. The average molecular weight is 226 g/mol. The molecule has 3 nitrogen and oxygen atoms in total. The van der Waals surface area contributed by atoms with Crippen LogP contribution < -0.4 is 5.73 Å². The van der Waals surface area contributed by atoms with E-state index in [-0.39, 0.29) is 5.54 Å². The molecule has 2 saturated heterocycles. The van der Waals surface area contributed by atoms with Gasteiger partial charge in [-0.05, 0) is 37.6 Å². The predicted molar refractivity (Wildman–Crippen MR) is 66.4 cm³/mol. The zero-order valence-electron chi connectivity index (χ0n) is 10.7. The molecule has 94 valence electrons. The third kappa shape index (κ3) is 2.27. The highest BCUT2D eigenvalue weighted by atomic mass is 16.5. The van der Waals surface area contributed by atoms with Crippen molar-refractivity contribution in [1.29, 1.82) is 0 Å². The van der Waals surface area contributed by atoms with E-state index >= 15 is 0 Å². The van der Waals surface area contributed by atoms with Crippen molar-refractivity contribution in [2.24, 2.45) is 17.6 Å². The fourth-order valence-electron chi connectivity index (χ4n) is 3.09. The van der Waals surface area contributed by atoms with Crippen LogP contribution in [0.1, 0.15) is 33.1 Å². The molecule has 0 bridgehead atoms. The van der Waals surface area contributed by atoms with Crippen molar-refractivity contribution in [2.75, 3.05) is 32.8 Å². The molecule has 3 heteroatoms. The zero-order chi connectivity index (χ0) is 11.6. The molecule has 0 aromatic carbocycles. The lowest BCUT2D eigenvalue weighted by Crippen LogP contribution is -2.60. The van der Waals surface area contributed by atoms with E-state index in [0.717, 1.165) is 44.4 Å². The second-order valence-corrected chi connectivity index (χ2v) is 5.73. The van der Waals surface area contributed by atoms with Gasteiger partial charge in [0.2, 0.25) is 0 Å². The SMILES string of the molecule is CC1CCN(C2(CN)CCOCC2)CC1C. The first kappa shape index (κ1) is 12.3. The number of piperidine rings is 1. The van der Waals surface area contributed by atoms with Gasteiger partial charge < -0.3 is 10.5 Å². The summed E-state index contributed by atoms with van der Waals surface area (Å²) in [4.78, 5) is 2.65. The number of ether oxygens (including phenoxy) is 1. The van der Waals surface area contributed by atoms with Gasteiger partial charge in [-0.15, -0.1) is 0 Å². The summed E-state index contributed by atoms with van der Waals surface area (Å²) in [5.74, 6) is 1.67. The van der Waals surface area contributed by atoms with E-state index in [4.69, 9.17) is 10.5 Å². The Kier molecular flexibility index (Phi) is 3.88. The smallest absolute Gasteiger partial charge is 0.0484 e. The summed E-state index contributed by atoms with van der Waals surface area (Å²) in [6, 6.07) is 0. The minimum absolute atomic E-state index is 0.243. The summed E-state index contributed by atoms with van der Waals surface area (Å²) in [7, 11) is 0. The molecular formula is C13H26N2O. The van der Waals surface area contributed by atoms with Gasteiger partial charge in [-0.1, -0.05) is 13.8 Å². The largest absolute Gasteiger partial charge is 0.381 e. The Labute approximate surface area is 99.3 Å². The molecule has 16 heavy (non-hydrogen) atoms. The summed E-state index contributed by atoms with van der Waals surface area (Å²) in [6.07, 6.45) is 3.55. The third-order valence-electron chi connectivity index (χ3n) is 4.81. The highest BCUT2D eigenvalue weighted by molar-refractivity contribution is 4.96. The highest BCUT2D eigenvalue weighted by Crippen LogP contribution is 2.33. The van der Waals surface area contributed by atoms with E-state index in [1.54, 1.807) is 0 Å². The zero-order valence-corrected chi connectivity index (χ0v) is 10.7. The number of hydrogen-bond acceptors (Lipinski definition) is 3. The van der Waals surface area contributed by atoms with Crippen molar-refractivity contribution in [3.8, 4) is 0 Å². The van der Waals surface area contributed by atoms with Gasteiger partial charge in [0, 0.05) is 31.8 Å². The molecule has 0 saturated carbocycles. The number of rotatable bonds is 2. The minimum Gasteiger partial charge on any atom is -0.381 e. The Morgan fingerprint density at radius 3 is 2.50 bits per heavy atom. The molecule has 0 aromatic rings. The molecule has 0 amide bonds. The molecule has 2 unspecified atom stereocenters. The van der Waals surface area contributed by atoms with Crippen LogP contribution in [0.25, 0.3) is 0 Å². The highest BCUT2D eigenvalue weighted by Gasteiger charge is 2.39. The standard InChI is InChI=1S/C13H26N2O/c1-11-3-6-15(9-12(11)2)13(10-14)4-7-16-8-5-13/h11-12H,3-10,14H2,1-2H3. The molecule has 2 aliphatic rings. The fourth-order valence-corrected chi connectivity index (χ4v) is 3.09. The van der Waals surface area contributed by atoms with Gasteiger partial charge in [0.05, 0.1) is 0 Å². The van der Waals surface area contributed by atoms with Crippen LogP contribution in [0.4, 0.5) is 0 Å². The van der Waals surface area contributed by atoms with Crippen LogP contribution in [0.5, 0.6) is 0 Å². The summed E-state index contributed by atoms with van der Waals surface area (Å²) < 4.78 is 5.48. The lowest BCUT2D eigenvalue weighted by Gasteiger charge is -2.50. The maximum absolute atomic E-state index is 6.05. The number of hydrogen-bond donors (Lipinski definition) is 1. The Bertz CT molecular complexity index is 226. The van der Waals surface area contributed by atoms with Crippen molar-refractivity contribution >= 4 is 0 Å². The van der Waals surface area contributed by atoms with Crippen LogP contribution in [0.3, 0.4) is 0 Å². The second kappa shape index (κ2) is 5.03. The molecular weight excluding hydrogens is 200 g/mol. The molecule has 0 radical (unpaired) electrons. The monoisotopic (exact) mass is 226 g/mol. The van der Waals surface area contributed by atoms with Crippen molar-refractivity contribution in [1.82, 2.24) is 4.90 Å². The van der Waals surface area contributed by atoms with Gasteiger partial charge in [-0.25, -0.2) is 0 Å².